The number of thioether (sulfide) groups is 1. The number of hydrogen-bond donors (Lipinski definition) is 1. The number of halogens is 1. The molecular formula is C29H28ClN3O4S. The first kappa shape index (κ1) is 27.4. The van der Waals surface area contributed by atoms with Crippen molar-refractivity contribution in [1.29, 1.82) is 0 Å². The highest BCUT2D eigenvalue weighted by Gasteiger charge is 2.35. The van der Waals surface area contributed by atoms with Gasteiger partial charge in [0.25, 0.3) is 11.1 Å². The molecule has 1 fully saturated rings. The number of carbonyl (C=O) groups excluding carboxylic acids is 2. The molecule has 1 N–H and O–H groups in total. The second kappa shape index (κ2) is 11.8. The zero-order valence-electron chi connectivity index (χ0n) is 21.6. The van der Waals surface area contributed by atoms with Crippen molar-refractivity contribution >= 4 is 52.0 Å². The van der Waals surface area contributed by atoms with Crippen LogP contribution in [0.3, 0.4) is 0 Å². The van der Waals surface area contributed by atoms with Crippen molar-refractivity contribution in [2.45, 2.75) is 33.6 Å². The molecular weight excluding hydrogens is 522 g/mol. The summed E-state index contributed by atoms with van der Waals surface area (Å²) in [7, 11) is 0. The molecule has 3 aromatic carbocycles. The quantitative estimate of drug-likeness (QED) is 0.225. The summed E-state index contributed by atoms with van der Waals surface area (Å²) in [6.45, 7) is 8.36. The number of phenols is 1. The van der Waals surface area contributed by atoms with Gasteiger partial charge in [0, 0.05) is 10.6 Å². The number of ether oxygens (including phenoxy) is 1. The predicted molar refractivity (Wildman–Crippen MR) is 152 cm³/mol. The van der Waals surface area contributed by atoms with E-state index in [1.807, 2.05) is 38.1 Å². The number of amides is 2. The molecule has 196 valence electrons. The van der Waals surface area contributed by atoms with Crippen LogP contribution in [0, 0.1) is 13.8 Å². The average Bonchev–Trinajstić information content (AvgIpc) is 3.13. The fourth-order valence-corrected chi connectivity index (χ4v) is 4.83. The monoisotopic (exact) mass is 549 g/mol. The summed E-state index contributed by atoms with van der Waals surface area (Å²) in [6.07, 6.45) is 1.49. The topological polar surface area (TPSA) is 91.6 Å². The molecule has 0 saturated carbocycles. The van der Waals surface area contributed by atoms with Gasteiger partial charge in [-0.2, -0.15) is 10.2 Å². The van der Waals surface area contributed by atoms with E-state index < -0.39 is 5.91 Å². The van der Waals surface area contributed by atoms with E-state index in [1.165, 1.54) is 12.1 Å². The lowest BCUT2D eigenvalue weighted by Gasteiger charge is -2.17. The van der Waals surface area contributed by atoms with Crippen molar-refractivity contribution in [1.82, 2.24) is 4.90 Å². The van der Waals surface area contributed by atoms with E-state index in [4.69, 9.17) is 16.3 Å². The van der Waals surface area contributed by atoms with E-state index in [1.54, 1.807) is 24.3 Å². The van der Waals surface area contributed by atoms with E-state index in [0.717, 1.165) is 39.1 Å². The predicted octanol–water partition coefficient (Wildman–Crippen LogP) is 8.32. The van der Waals surface area contributed by atoms with Gasteiger partial charge >= 0.3 is 0 Å². The Hall–Kier alpha value is -3.62. The van der Waals surface area contributed by atoms with Crippen molar-refractivity contribution in [3.63, 3.8) is 0 Å². The zero-order chi connectivity index (χ0) is 27.4. The molecule has 1 aliphatic rings. The number of imide groups is 1. The van der Waals surface area contributed by atoms with Gasteiger partial charge in [-0.3, -0.25) is 14.5 Å². The average molecular weight is 550 g/mol. The second-order valence-electron chi connectivity index (χ2n) is 9.25. The Morgan fingerprint density at radius 3 is 2.45 bits per heavy atom. The highest BCUT2D eigenvalue weighted by molar-refractivity contribution is 8.18. The smallest absolute Gasteiger partial charge is 0.293 e. The second-order valence-corrected chi connectivity index (χ2v) is 10.7. The fourth-order valence-electron chi connectivity index (χ4n) is 3.80. The SMILES string of the molecule is Cc1ccc(C(C)C)c(OCCN2C(=O)S/C(=C\c3cc(N=Nc4ccc(C)c(Cl)c4)ccc3O)C2=O)c1. The van der Waals surface area contributed by atoms with Crippen LogP contribution in [0.1, 0.15) is 42.0 Å². The number of phenolic OH excluding ortho intramolecular Hbond substituents is 1. The molecule has 3 aromatic rings. The third-order valence-corrected chi connectivity index (χ3v) is 7.29. The summed E-state index contributed by atoms with van der Waals surface area (Å²) in [5, 5.41) is 19.0. The number of aromatic hydroxyl groups is 1. The maximum absolute atomic E-state index is 13.0. The third kappa shape index (κ3) is 6.44. The summed E-state index contributed by atoms with van der Waals surface area (Å²) in [4.78, 5) is 26.9. The van der Waals surface area contributed by atoms with Crippen LogP contribution in [0.2, 0.25) is 5.02 Å². The standard InChI is InChI=1S/C29H28ClN3O4S/c1-17(2)23-9-5-18(3)13-26(23)37-12-11-33-28(35)27(38-29(33)36)15-20-14-21(8-10-25(20)34)31-32-22-7-6-19(4)24(30)16-22/h5-10,13-17,34H,11-12H2,1-4H3/b27-15-,32-31?. The molecule has 0 aliphatic carbocycles. The molecule has 2 amide bonds. The van der Waals surface area contributed by atoms with Crippen LogP contribution < -0.4 is 4.74 Å². The summed E-state index contributed by atoms with van der Waals surface area (Å²) < 4.78 is 5.96. The largest absolute Gasteiger partial charge is 0.507 e. The molecule has 7 nitrogen and oxygen atoms in total. The van der Waals surface area contributed by atoms with Crippen molar-refractivity contribution in [2.75, 3.05) is 13.2 Å². The molecule has 4 rings (SSSR count). The lowest BCUT2D eigenvalue weighted by atomic mass is 10.0. The Morgan fingerprint density at radius 1 is 1.03 bits per heavy atom. The molecule has 0 aromatic heterocycles. The molecule has 1 aliphatic heterocycles. The first-order chi connectivity index (χ1) is 18.1. The van der Waals surface area contributed by atoms with Crippen LogP contribution in [0.5, 0.6) is 11.5 Å². The summed E-state index contributed by atoms with van der Waals surface area (Å²) in [6, 6.07) is 16.1. The molecule has 1 heterocycles. The van der Waals surface area contributed by atoms with Gasteiger partial charge in [0.2, 0.25) is 0 Å². The number of nitrogens with zero attached hydrogens (tertiary/aromatic N) is 3. The Balaban J connectivity index is 1.46. The van der Waals surface area contributed by atoms with Gasteiger partial charge in [0.15, 0.2) is 0 Å². The first-order valence-corrected chi connectivity index (χ1v) is 13.3. The van der Waals surface area contributed by atoms with E-state index in [-0.39, 0.29) is 35.0 Å². The van der Waals surface area contributed by atoms with Crippen molar-refractivity contribution in [3.05, 3.63) is 86.8 Å². The van der Waals surface area contributed by atoms with Gasteiger partial charge in [0.05, 0.1) is 22.8 Å². The minimum atomic E-state index is -0.433. The van der Waals surface area contributed by atoms with Crippen molar-refractivity contribution < 1.29 is 19.4 Å². The molecule has 0 radical (unpaired) electrons. The molecule has 0 bridgehead atoms. The van der Waals surface area contributed by atoms with Crippen LogP contribution in [-0.4, -0.2) is 34.3 Å². The lowest BCUT2D eigenvalue weighted by molar-refractivity contribution is -0.123. The molecule has 38 heavy (non-hydrogen) atoms. The fraction of sp³-hybridized carbons (Fsp3) is 0.241. The van der Waals surface area contributed by atoms with Crippen LogP contribution in [0.15, 0.2) is 69.7 Å². The Labute approximate surface area is 231 Å². The van der Waals surface area contributed by atoms with E-state index >= 15 is 0 Å². The highest BCUT2D eigenvalue weighted by Crippen LogP contribution is 2.35. The molecule has 0 unspecified atom stereocenters. The van der Waals surface area contributed by atoms with Crippen molar-refractivity contribution in [2.24, 2.45) is 10.2 Å². The molecule has 0 atom stereocenters. The van der Waals surface area contributed by atoms with Crippen LogP contribution in [-0.2, 0) is 4.79 Å². The number of azo groups is 1. The summed E-state index contributed by atoms with van der Waals surface area (Å²) in [5.41, 5.74) is 4.49. The van der Waals surface area contributed by atoms with Gasteiger partial charge in [-0.15, -0.1) is 0 Å². The molecule has 9 heteroatoms. The lowest BCUT2D eigenvalue weighted by Crippen LogP contribution is -2.32. The minimum absolute atomic E-state index is 0.0434. The number of carbonyl (C=O) groups is 2. The van der Waals surface area contributed by atoms with Gasteiger partial charge < -0.3 is 9.84 Å². The van der Waals surface area contributed by atoms with Crippen molar-refractivity contribution in [3.8, 4) is 11.5 Å². The molecule has 1 saturated heterocycles. The zero-order valence-corrected chi connectivity index (χ0v) is 23.1. The van der Waals surface area contributed by atoms with Gasteiger partial charge in [-0.1, -0.05) is 43.6 Å². The maximum atomic E-state index is 13.0. The number of rotatable bonds is 8. The number of aryl methyl sites for hydroxylation is 2. The third-order valence-electron chi connectivity index (χ3n) is 5.97. The Morgan fingerprint density at radius 2 is 1.74 bits per heavy atom. The van der Waals surface area contributed by atoms with Crippen LogP contribution >= 0.6 is 23.4 Å². The van der Waals surface area contributed by atoms with E-state index in [0.29, 0.717) is 22.0 Å². The maximum Gasteiger partial charge on any atom is 0.293 e. The Bertz CT molecular complexity index is 1450. The van der Waals surface area contributed by atoms with E-state index in [9.17, 15) is 14.7 Å². The van der Waals surface area contributed by atoms with Crippen LogP contribution in [0.25, 0.3) is 6.08 Å². The number of benzene rings is 3. The minimum Gasteiger partial charge on any atom is -0.507 e. The Kier molecular flexibility index (Phi) is 8.54. The van der Waals surface area contributed by atoms with Gasteiger partial charge in [-0.05, 0) is 90.7 Å². The van der Waals surface area contributed by atoms with E-state index in [2.05, 4.69) is 24.1 Å². The summed E-state index contributed by atoms with van der Waals surface area (Å²) in [5.74, 6) is 0.561. The normalized spacial score (nSPS) is 14.9. The van der Waals surface area contributed by atoms with Gasteiger partial charge in [-0.25, -0.2) is 0 Å². The highest BCUT2D eigenvalue weighted by atomic mass is 35.5. The van der Waals surface area contributed by atoms with Gasteiger partial charge in [0.1, 0.15) is 18.1 Å². The first-order valence-electron chi connectivity index (χ1n) is 12.1. The molecule has 0 spiro atoms. The number of hydrogen-bond acceptors (Lipinski definition) is 7. The van der Waals surface area contributed by atoms with Crippen LogP contribution in [0.4, 0.5) is 16.2 Å². The summed E-state index contributed by atoms with van der Waals surface area (Å²) >= 11 is 6.97.